The average Bonchev–Trinajstić information content (AvgIpc) is 2.59. The van der Waals surface area contributed by atoms with Crippen molar-refractivity contribution in [3.05, 3.63) is 57.6 Å². The van der Waals surface area contributed by atoms with Crippen molar-refractivity contribution in [2.24, 2.45) is 0 Å². The molecule has 7 heteroatoms. The first-order valence-electron chi connectivity index (χ1n) is 7.61. The highest BCUT2D eigenvalue weighted by Gasteiger charge is 2.12. The summed E-state index contributed by atoms with van der Waals surface area (Å²) in [4.78, 5) is 10.8. The molecule has 0 amide bonds. The van der Waals surface area contributed by atoms with Gasteiger partial charge in [0.25, 0.3) is 0 Å². The second kappa shape index (κ2) is 8.94. The molecule has 0 saturated carbocycles. The number of nitrogens with one attached hydrogen (secondary N) is 1. The summed E-state index contributed by atoms with van der Waals surface area (Å²) in [6.07, 6.45) is 0. The maximum Gasteiger partial charge on any atom is 0.320 e. The Labute approximate surface area is 156 Å². The van der Waals surface area contributed by atoms with Gasteiger partial charge in [0.1, 0.15) is 12.6 Å². The molecular formula is C18H19Cl2NO4. The largest absolute Gasteiger partial charge is 0.493 e. The number of hydrogen-bond donors (Lipinski definition) is 2. The first-order chi connectivity index (χ1) is 11.9. The number of carboxylic acid groups (broad SMARTS) is 1. The molecule has 0 bridgehead atoms. The first-order valence-corrected chi connectivity index (χ1v) is 8.36. The predicted octanol–water partition coefficient (Wildman–Crippen LogP) is 4.14. The van der Waals surface area contributed by atoms with Gasteiger partial charge in [0, 0.05) is 22.2 Å². The quantitative estimate of drug-likeness (QED) is 0.716. The molecule has 2 aromatic rings. The smallest absolute Gasteiger partial charge is 0.320 e. The number of carbonyl (C=O) groups is 1. The van der Waals surface area contributed by atoms with Crippen LogP contribution in [-0.2, 0) is 17.9 Å². The van der Waals surface area contributed by atoms with E-state index < -0.39 is 12.0 Å². The summed E-state index contributed by atoms with van der Waals surface area (Å²) in [7, 11) is 1.54. The summed E-state index contributed by atoms with van der Waals surface area (Å²) in [5, 5.41) is 12.9. The van der Waals surface area contributed by atoms with Gasteiger partial charge in [0.15, 0.2) is 11.5 Å². The summed E-state index contributed by atoms with van der Waals surface area (Å²) < 4.78 is 11.1. The molecule has 2 aromatic carbocycles. The molecule has 0 aliphatic carbocycles. The van der Waals surface area contributed by atoms with Crippen molar-refractivity contribution in [2.75, 3.05) is 7.11 Å². The molecular weight excluding hydrogens is 365 g/mol. The second-order valence-corrected chi connectivity index (χ2v) is 6.23. The van der Waals surface area contributed by atoms with Crippen LogP contribution in [0.4, 0.5) is 0 Å². The Hall–Kier alpha value is -1.95. The summed E-state index contributed by atoms with van der Waals surface area (Å²) in [5.74, 6) is 0.197. The molecule has 0 aliphatic rings. The third kappa shape index (κ3) is 5.26. The van der Waals surface area contributed by atoms with Gasteiger partial charge in [0.2, 0.25) is 0 Å². The lowest BCUT2D eigenvalue weighted by molar-refractivity contribution is -0.139. The lowest BCUT2D eigenvalue weighted by Gasteiger charge is -2.14. The zero-order chi connectivity index (χ0) is 18.4. The number of ether oxygens (including phenoxy) is 2. The summed E-state index contributed by atoms with van der Waals surface area (Å²) in [6.45, 7) is 2.20. The van der Waals surface area contributed by atoms with Crippen molar-refractivity contribution < 1.29 is 19.4 Å². The van der Waals surface area contributed by atoms with E-state index in [2.05, 4.69) is 5.32 Å². The number of rotatable bonds is 8. The molecule has 0 spiro atoms. The van der Waals surface area contributed by atoms with E-state index in [1.54, 1.807) is 44.4 Å². The Kier molecular flexibility index (Phi) is 6.93. The maximum absolute atomic E-state index is 10.8. The van der Waals surface area contributed by atoms with Gasteiger partial charge >= 0.3 is 5.97 Å². The Bertz CT molecular complexity index is 732. The molecule has 25 heavy (non-hydrogen) atoms. The number of methoxy groups -OCH3 is 1. The van der Waals surface area contributed by atoms with Crippen LogP contribution < -0.4 is 14.8 Å². The van der Waals surface area contributed by atoms with Crippen LogP contribution in [0, 0.1) is 0 Å². The standard InChI is InChI=1S/C18H19Cl2NO4/c1-11(18(22)23)21-9-12-6-7-16(17(8-12)24-2)25-10-13-14(19)4-3-5-15(13)20/h3-8,11,21H,9-10H2,1-2H3,(H,22,23). The molecule has 0 aliphatic heterocycles. The molecule has 0 aromatic heterocycles. The van der Waals surface area contributed by atoms with Crippen molar-refractivity contribution in [3.63, 3.8) is 0 Å². The zero-order valence-corrected chi connectivity index (χ0v) is 15.4. The third-order valence-electron chi connectivity index (χ3n) is 3.64. The van der Waals surface area contributed by atoms with Crippen LogP contribution in [0.2, 0.25) is 10.0 Å². The molecule has 0 saturated heterocycles. The van der Waals surface area contributed by atoms with Gasteiger partial charge in [-0.15, -0.1) is 0 Å². The molecule has 2 N–H and O–H groups in total. The highest BCUT2D eigenvalue weighted by Crippen LogP contribution is 2.31. The zero-order valence-electron chi connectivity index (χ0n) is 13.9. The Balaban J connectivity index is 2.07. The summed E-state index contributed by atoms with van der Waals surface area (Å²) in [6, 6.07) is 10.0. The maximum atomic E-state index is 10.8. The van der Waals surface area contributed by atoms with E-state index in [0.717, 1.165) is 5.56 Å². The summed E-state index contributed by atoms with van der Waals surface area (Å²) >= 11 is 12.3. The van der Waals surface area contributed by atoms with Crippen molar-refractivity contribution >= 4 is 29.2 Å². The number of hydrogen-bond acceptors (Lipinski definition) is 4. The van der Waals surface area contributed by atoms with Crippen LogP contribution >= 0.6 is 23.2 Å². The van der Waals surface area contributed by atoms with Crippen molar-refractivity contribution in [3.8, 4) is 11.5 Å². The number of halogens is 2. The van der Waals surface area contributed by atoms with Gasteiger partial charge in [-0.05, 0) is 36.8 Å². The Morgan fingerprint density at radius 3 is 2.48 bits per heavy atom. The first kappa shape index (κ1) is 19.4. The molecule has 1 unspecified atom stereocenters. The number of carboxylic acids is 1. The Morgan fingerprint density at radius 1 is 1.20 bits per heavy atom. The van der Waals surface area contributed by atoms with E-state index in [1.807, 2.05) is 6.07 Å². The van der Waals surface area contributed by atoms with Crippen molar-refractivity contribution in [1.82, 2.24) is 5.32 Å². The molecule has 2 rings (SSSR count). The highest BCUT2D eigenvalue weighted by molar-refractivity contribution is 6.35. The van der Waals surface area contributed by atoms with Crippen LogP contribution in [0.1, 0.15) is 18.1 Å². The topological polar surface area (TPSA) is 67.8 Å². The minimum absolute atomic E-state index is 0.211. The van der Waals surface area contributed by atoms with Crippen LogP contribution in [-0.4, -0.2) is 24.2 Å². The van der Waals surface area contributed by atoms with Gasteiger partial charge in [-0.2, -0.15) is 0 Å². The van der Waals surface area contributed by atoms with E-state index in [9.17, 15) is 4.79 Å². The van der Waals surface area contributed by atoms with E-state index in [-0.39, 0.29) is 6.61 Å². The minimum atomic E-state index is -0.900. The van der Waals surface area contributed by atoms with Crippen LogP contribution in [0.15, 0.2) is 36.4 Å². The van der Waals surface area contributed by atoms with Gasteiger partial charge in [0.05, 0.1) is 7.11 Å². The number of benzene rings is 2. The second-order valence-electron chi connectivity index (χ2n) is 5.41. The monoisotopic (exact) mass is 383 g/mol. The van der Waals surface area contributed by atoms with Crippen molar-refractivity contribution in [1.29, 1.82) is 0 Å². The predicted molar refractivity (Wildman–Crippen MR) is 97.7 cm³/mol. The van der Waals surface area contributed by atoms with Gasteiger partial charge in [-0.1, -0.05) is 35.3 Å². The molecule has 0 radical (unpaired) electrons. The average molecular weight is 384 g/mol. The number of aliphatic carboxylic acids is 1. The lowest BCUT2D eigenvalue weighted by Crippen LogP contribution is -2.33. The third-order valence-corrected chi connectivity index (χ3v) is 4.35. The lowest BCUT2D eigenvalue weighted by atomic mass is 10.2. The minimum Gasteiger partial charge on any atom is -0.493 e. The molecule has 0 fully saturated rings. The van der Waals surface area contributed by atoms with Crippen LogP contribution in [0.5, 0.6) is 11.5 Å². The van der Waals surface area contributed by atoms with E-state index in [1.165, 1.54) is 0 Å². The Morgan fingerprint density at radius 2 is 1.88 bits per heavy atom. The van der Waals surface area contributed by atoms with E-state index in [0.29, 0.717) is 33.7 Å². The van der Waals surface area contributed by atoms with Gasteiger partial charge < -0.3 is 19.9 Å². The fraction of sp³-hybridized carbons (Fsp3) is 0.278. The van der Waals surface area contributed by atoms with Crippen LogP contribution in [0.3, 0.4) is 0 Å². The highest BCUT2D eigenvalue weighted by atomic mass is 35.5. The SMILES string of the molecule is COc1cc(CNC(C)C(=O)O)ccc1OCc1c(Cl)cccc1Cl. The molecule has 0 heterocycles. The van der Waals surface area contributed by atoms with Crippen molar-refractivity contribution in [2.45, 2.75) is 26.1 Å². The molecule has 5 nitrogen and oxygen atoms in total. The fourth-order valence-corrected chi connectivity index (χ4v) is 2.63. The summed E-state index contributed by atoms with van der Waals surface area (Å²) in [5.41, 5.74) is 1.59. The fourth-order valence-electron chi connectivity index (χ4n) is 2.12. The van der Waals surface area contributed by atoms with E-state index in [4.69, 9.17) is 37.8 Å². The van der Waals surface area contributed by atoms with Gasteiger partial charge in [-0.25, -0.2) is 0 Å². The normalized spacial score (nSPS) is 11.8. The van der Waals surface area contributed by atoms with Gasteiger partial charge in [-0.3, -0.25) is 4.79 Å². The van der Waals surface area contributed by atoms with E-state index >= 15 is 0 Å². The molecule has 134 valence electrons. The van der Waals surface area contributed by atoms with Crippen LogP contribution in [0.25, 0.3) is 0 Å². The molecule has 1 atom stereocenters.